The van der Waals surface area contributed by atoms with Crippen LogP contribution in [0.3, 0.4) is 0 Å². The van der Waals surface area contributed by atoms with E-state index in [-0.39, 0.29) is 4.90 Å². The lowest BCUT2D eigenvalue weighted by Crippen LogP contribution is -2.35. The van der Waals surface area contributed by atoms with Crippen LogP contribution in [0.4, 0.5) is 5.69 Å². The highest BCUT2D eigenvalue weighted by atomic mass is 32.2. The Hall–Kier alpha value is -3.38. The zero-order chi connectivity index (χ0) is 23.8. The van der Waals surface area contributed by atoms with E-state index in [1.54, 1.807) is 61.7 Å². The molecule has 3 aromatic carbocycles. The van der Waals surface area contributed by atoms with Gasteiger partial charge in [0.05, 0.1) is 17.7 Å². The number of sulfonamides is 1. The van der Waals surface area contributed by atoms with Gasteiger partial charge in [-0.1, -0.05) is 55.3 Å². The van der Waals surface area contributed by atoms with Crippen LogP contribution in [-0.4, -0.2) is 21.4 Å². The fourth-order valence-electron chi connectivity index (χ4n) is 3.33. The number of carbonyl (C=O) groups is 1. The van der Waals surface area contributed by atoms with Crippen LogP contribution < -0.4 is 9.04 Å². The number of rotatable bonds is 9. The van der Waals surface area contributed by atoms with Gasteiger partial charge in [-0.25, -0.2) is 8.42 Å². The van der Waals surface area contributed by atoms with Crippen molar-refractivity contribution >= 4 is 27.7 Å². The Morgan fingerprint density at radius 3 is 2.15 bits per heavy atom. The van der Waals surface area contributed by atoms with Gasteiger partial charge in [0, 0.05) is 6.08 Å². The lowest BCUT2D eigenvalue weighted by Gasteiger charge is -2.22. The number of anilines is 1. The topological polar surface area (TPSA) is 63.7 Å². The SMILES string of the molecule is CCCCc1ccc(N(C(=O)/C=C/c2ccc(OC)cc2)S(=O)(=O)c2ccc(C)cc2)cc1. The molecule has 6 heteroatoms. The number of hydrogen-bond acceptors (Lipinski definition) is 4. The molecule has 0 bridgehead atoms. The zero-order valence-electron chi connectivity index (χ0n) is 19.2. The molecule has 0 radical (unpaired) electrons. The fraction of sp³-hybridized carbons (Fsp3) is 0.222. The molecule has 1 amide bonds. The Kier molecular flexibility index (Phi) is 8.06. The lowest BCUT2D eigenvalue weighted by molar-refractivity contribution is -0.113. The quantitative estimate of drug-likeness (QED) is 0.377. The molecular weight excluding hydrogens is 434 g/mol. The van der Waals surface area contributed by atoms with Gasteiger partial charge in [-0.2, -0.15) is 4.31 Å². The number of ether oxygens (including phenoxy) is 1. The maximum absolute atomic E-state index is 13.5. The van der Waals surface area contributed by atoms with E-state index < -0.39 is 15.9 Å². The van der Waals surface area contributed by atoms with E-state index in [1.807, 2.05) is 19.1 Å². The largest absolute Gasteiger partial charge is 0.497 e. The third-order valence-corrected chi connectivity index (χ3v) is 7.02. The second-order valence-electron chi connectivity index (χ2n) is 7.80. The van der Waals surface area contributed by atoms with Crippen molar-refractivity contribution < 1.29 is 17.9 Å². The Bertz CT molecular complexity index is 1200. The minimum absolute atomic E-state index is 0.0642. The van der Waals surface area contributed by atoms with Gasteiger partial charge < -0.3 is 4.74 Å². The first kappa shape index (κ1) is 24.3. The molecule has 3 aromatic rings. The number of hydrogen-bond donors (Lipinski definition) is 0. The molecule has 0 spiro atoms. The summed E-state index contributed by atoms with van der Waals surface area (Å²) in [5.41, 5.74) is 3.10. The summed E-state index contributed by atoms with van der Waals surface area (Å²) in [5, 5.41) is 0. The van der Waals surface area contributed by atoms with E-state index in [0.717, 1.165) is 40.3 Å². The van der Waals surface area contributed by atoms with Crippen molar-refractivity contribution in [2.45, 2.75) is 38.0 Å². The summed E-state index contributed by atoms with van der Waals surface area (Å²) in [7, 11) is -2.52. The summed E-state index contributed by atoms with van der Waals surface area (Å²) < 4.78 is 33.0. The molecule has 0 heterocycles. The van der Waals surface area contributed by atoms with E-state index in [0.29, 0.717) is 11.4 Å². The van der Waals surface area contributed by atoms with Crippen LogP contribution in [0.25, 0.3) is 6.08 Å². The predicted molar refractivity (Wildman–Crippen MR) is 133 cm³/mol. The van der Waals surface area contributed by atoms with Crippen LogP contribution in [0.5, 0.6) is 5.75 Å². The van der Waals surface area contributed by atoms with Crippen molar-refractivity contribution in [3.05, 3.63) is 95.6 Å². The van der Waals surface area contributed by atoms with Crippen molar-refractivity contribution in [2.75, 3.05) is 11.4 Å². The standard InChI is InChI=1S/C27H29NO4S/c1-4-5-6-22-9-14-24(15-10-22)28(33(30,31)26-18-7-21(2)8-19-26)27(29)20-13-23-11-16-25(32-3)17-12-23/h7-20H,4-6H2,1-3H3/b20-13+. The van der Waals surface area contributed by atoms with Gasteiger partial charge in [-0.3, -0.25) is 4.79 Å². The second kappa shape index (κ2) is 11.0. The molecule has 33 heavy (non-hydrogen) atoms. The maximum atomic E-state index is 13.5. The van der Waals surface area contributed by atoms with Crippen molar-refractivity contribution in [1.82, 2.24) is 0 Å². The Labute approximate surface area is 196 Å². The smallest absolute Gasteiger partial charge is 0.271 e. The molecule has 3 rings (SSSR count). The Morgan fingerprint density at radius 2 is 1.58 bits per heavy atom. The van der Waals surface area contributed by atoms with Crippen LogP contribution in [-0.2, 0) is 21.2 Å². The van der Waals surface area contributed by atoms with Crippen molar-refractivity contribution in [1.29, 1.82) is 0 Å². The molecule has 0 fully saturated rings. The van der Waals surface area contributed by atoms with Gasteiger partial charge in [0.2, 0.25) is 0 Å². The van der Waals surface area contributed by atoms with Crippen molar-refractivity contribution in [3.8, 4) is 5.75 Å². The summed E-state index contributed by atoms with van der Waals surface area (Å²) in [4.78, 5) is 13.3. The monoisotopic (exact) mass is 463 g/mol. The molecule has 0 aromatic heterocycles. The molecule has 0 unspecified atom stereocenters. The molecular formula is C27H29NO4S. The average Bonchev–Trinajstić information content (AvgIpc) is 2.83. The van der Waals surface area contributed by atoms with E-state index in [9.17, 15) is 13.2 Å². The van der Waals surface area contributed by atoms with Gasteiger partial charge in [0.25, 0.3) is 15.9 Å². The summed E-state index contributed by atoms with van der Waals surface area (Å²) in [6, 6.07) is 20.8. The molecule has 5 nitrogen and oxygen atoms in total. The van der Waals surface area contributed by atoms with E-state index >= 15 is 0 Å². The third kappa shape index (κ3) is 6.11. The van der Waals surface area contributed by atoms with Crippen molar-refractivity contribution in [3.63, 3.8) is 0 Å². The minimum Gasteiger partial charge on any atom is -0.497 e. The molecule has 0 saturated carbocycles. The van der Waals surface area contributed by atoms with Crippen LogP contribution in [0.1, 0.15) is 36.5 Å². The molecule has 0 aliphatic carbocycles. The fourth-order valence-corrected chi connectivity index (χ4v) is 4.72. The summed E-state index contributed by atoms with van der Waals surface area (Å²) in [6.07, 6.45) is 5.90. The van der Waals surface area contributed by atoms with Crippen LogP contribution >= 0.6 is 0 Å². The maximum Gasteiger partial charge on any atom is 0.271 e. The highest BCUT2D eigenvalue weighted by Crippen LogP contribution is 2.26. The zero-order valence-corrected chi connectivity index (χ0v) is 20.0. The Morgan fingerprint density at radius 1 is 0.939 bits per heavy atom. The summed E-state index contributed by atoms with van der Waals surface area (Å²) >= 11 is 0. The van der Waals surface area contributed by atoms with Gasteiger partial charge in [-0.05, 0) is 73.4 Å². The molecule has 0 aliphatic heterocycles. The highest BCUT2D eigenvalue weighted by Gasteiger charge is 2.29. The van der Waals surface area contributed by atoms with Gasteiger partial charge in [0.15, 0.2) is 0 Å². The Balaban J connectivity index is 1.97. The van der Waals surface area contributed by atoms with Crippen LogP contribution in [0, 0.1) is 6.92 Å². The molecule has 0 aliphatic rings. The van der Waals surface area contributed by atoms with Crippen molar-refractivity contribution in [2.24, 2.45) is 0 Å². The van der Waals surface area contributed by atoms with Gasteiger partial charge in [0.1, 0.15) is 5.75 Å². The van der Waals surface area contributed by atoms with Gasteiger partial charge >= 0.3 is 0 Å². The van der Waals surface area contributed by atoms with E-state index in [1.165, 1.54) is 18.2 Å². The van der Waals surface area contributed by atoms with Crippen LogP contribution in [0.2, 0.25) is 0 Å². The third-order valence-electron chi connectivity index (χ3n) is 5.28. The number of aryl methyl sites for hydroxylation is 2. The van der Waals surface area contributed by atoms with Gasteiger partial charge in [-0.15, -0.1) is 0 Å². The predicted octanol–water partition coefficient (Wildman–Crippen LogP) is 5.78. The number of amides is 1. The summed E-state index contributed by atoms with van der Waals surface area (Å²) in [5.74, 6) is 0.0536. The number of nitrogens with zero attached hydrogens (tertiary/aromatic N) is 1. The van der Waals surface area contributed by atoms with E-state index in [2.05, 4.69) is 6.92 Å². The second-order valence-corrected chi connectivity index (χ2v) is 9.58. The molecule has 172 valence electrons. The normalized spacial score (nSPS) is 11.5. The molecule has 0 saturated heterocycles. The average molecular weight is 464 g/mol. The number of carbonyl (C=O) groups excluding carboxylic acids is 1. The first-order valence-electron chi connectivity index (χ1n) is 10.9. The van der Waals surface area contributed by atoms with Crippen LogP contribution in [0.15, 0.2) is 83.8 Å². The number of unbranched alkanes of at least 4 members (excludes halogenated alkanes) is 1. The summed E-state index contributed by atoms with van der Waals surface area (Å²) in [6.45, 7) is 4.00. The molecule has 0 atom stereocenters. The van der Waals surface area contributed by atoms with E-state index in [4.69, 9.17) is 4.74 Å². The first-order chi connectivity index (χ1) is 15.8. The highest BCUT2D eigenvalue weighted by molar-refractivity contribution is 7.93. The number of benzene rings is 3. The number of methoxy groups -OCH3 is 1. The first-order valence-corrected chi connectivity index (χ1v) is 12.4. The minimum atomic E-state index is -4.10. The molecule has 0 N–H and O–H groups in total. The lowest BCUT2D eigenvalue weighted by atomic mass is 10.1.